The number of phenols is 2. The van der Waals surface area contributed by atoms with Crippen molar-refractivity contribution in [3.05, 3.63) is 145 Å². The number of ether oxygens (including phenoxy) is 4. The first kappa shape index (κ1) is 50.4. The SMILES string of the molecule is CCC1C(=O)OCC(C=O)=C1/C=C1/c2nc3cc(F)c(C)c4c3c(c2CN1C)C(NC(=O)OCc1ccc(OC(=O)OC2CC3(C2)CN(Cc2ccc5c(c2)CN(C(=O)c2cc(C(C)C)c(O)cc2O)C5)C3)cc1)CC4. The van der Waals surface area contributed by atoms with Gasteiger partial charge in [-0.25, -0.2) is 19.0 Å². The van der Waals surface area contributed by atoms with Gasteiger partial charge < -0.3 is 44.3 Å². The fourth-order valence-electron chi connectivity index (χ4n) is 12.3. The van der Waals surface area contributed by atoms with Crippen LogP contribution in [0.4, 0.5) is 14.0 Å². The van der Waals surface area contributed by atoms with E-state index in [0.717, 1.165) is 77.5 Å². The largest absolute Gasteiger partial charge is 0.514 e. The summed E-state index contributed by atoms with van der Waals surface area (Å²) in [5, 5.41) is 24.6. The number of halogens is 1. The second-order valence-corrected chi connectivity index (χ2v) is 21.7. The number of rotatable bonds is 12. The number of esters is 1. The molecule has 5 aromatic rings. The predicted molar refractivity (Wildman–Crippen MR) is 276 cm³/mol. The maximum absolute atomic E-state index is 15.4. The highest BCUT2D eigenvalue weighted by molar-refractivity contribution is 5.98. The highest BCUT2D eigenvalue weighted by Crippen LogP contribution is 2.51. The molecule has 1 saturated carbocycles. The van der Waals surface area contributed by atoms with Crippen LogP contribution in [0.1, 0.15) is 125 Å². The zero-order valence-corrected chi connectivity index (χ0v) is 43.2. The average Bonchev–Trinajstić information content (AvgIpc) is 3.94. The molecule has 4 aliphatic heterocycles. The number of carbonyl (C=O) groups excluding carboxylic acids is 5. The first-order valence-electron chi connectivity index (χ1n) is 26.0. The van der Waals surface area contributed by atoms with Gasteiger partial charge in [0.15, 0.2) is 0 Å². The van der Waals surface area contributed by atoms with Crippen molar-refractivity contribution in [3.8, 4) is 17.2 Å². The van der Waals surface area contributed by atoms with Gasteiger partial charge in [-0.2, -0.15) is 0 Å². The van der Waals surface area contributed by atoms with Crippen LogP contribution in [-0.2, 0) is 63.0 Å². The Morgan fingerprint density at radius 3 is 2.46 bits per heavy atom. The number of phenolic OH excluding ortho intramolecular Hbond substituents is 2. The number of likely N-dealkylation sites (tertiary alicyclic amines) is 1. The van der Waals surface area contributed by atoms with Crippen molar-refractivity contribution < 1.29 is 57.5 Å². The third-order valence-corrected chi connectivity index (χ3v) is 16.2. The summed E-state index contributed by atoms with van der Waals surface area (Å²) < 4.78 is 37.6. The van der Waals surface area contributed by atoms with Crippen LogP contribution in [0.25, 0.3) is 16.6 Å². The smallest absolute Gasteiger partial charge is 0.508 e. The molecule has 2 amide bonds. The molecule has 11 rings (SSSR count). The number of hydrogen-bond acceptors (Lipinski definition) is 14. The Kier molecular flexibility index (Phi) is 13.1. The molecule has 2 fully saturated rings. The van der Waals surface area contributed by atoms with Crippen molar-refractivity contribution in [3.63, 3.8) is 0 Å². The first-order valence-corrected chi connectivity index (χ1v) is 26.0. The molecule has 6 aliphatic rings. The van der Waals surface area contributed by atoms with Crippen LogP contribution in [0.2, 0.25) is 0 Å². The number of allylic oxidation sites excluding steroid dienone is 1. The molecule has 5 heterocycles. The van der Waals surface area contributed by atoms with Crippen LogP contribution in [-0.4, -0.2) is 93.2 Å². The van der Waals surface area contributed by atoms with Gasteiger partial charge in [0.2, 0.25) is 0 Å². The lowest BCUT2D eigenvalue weighted by atomic mass is 9.61. The summed E-state index contributed by atoms with van der Waals surface area (Å²) >= 11 is 0. The molecule has 4 aromatic carbocycles. The number of aryl methyl sites for hydroxylation is 1. The lowest BCUT2D eigenvalue weighted by molar-refractivity contribution is -0.147. The van der Waals surface area contributed by atoms with E-state index in [2.05, 4.69) is 28.4 Å². The maximum Gasteiger partial charge on any atom is 0.514 e. The molecule has 1 spiro atoms. The number of aldehydes is 1. The van der Waals surface area contributed by atoms with Crippen molar-refractivity contribution in [1.82, 2.24) is 25.0 Å². The van der Waals surface area contributed by atoms with Gasteiger partial charge in [0, 0.05) is 80.4 Å². The molecule has 0 radical (unpaired) electrons. The summed E-state index contributed by atoms with van der Waals surface area (Å²) in [6, 6.07) is 16.7. The predicted octanol–water partition coefficient (Wildman–Crippen LogP) is 9.33. The van der Waals surface area contributed by atoms with Crippen molar-refractivity contribution >= 4 is 47.0 Å². The van der Waals surface area contributed by atoms with E-state index in [9.17, 15) is 34.2 Å². The van der Waals surface area contributed by atoms with Crippen LogP contribution >= 0.6 is 0 Å². The monoisotopic (exact) mass is 1030 g/mol. The van der Waals surface area contributed by atoms with E-state index < -0.39 is 30.2 Å². The van der Waals surface area contributed by atoms with Crippen LogP contribution in [0.15, 0.2) is 77.9 Å². The molecule has 16 nitrogen and oxygen atoms in total. The Bertz CT molecular complexity index is 3320. The van der Waals surface area contributed by atoms with Crippen LogP contribution in [0.3, 0.4) is 0 Å². The Hall–Kier alpha value is -7.79. The zero-order chi connectivity index (χ0) is 53.3. The van der Waals surface area contributed by atoms with E-state index in [-0.39, 0.29) is 65.2 Å². The van der Waals surface area contributed by atoms with Gasteiger partial charge in [-0.3, -0.25) is 19.3 Å². The number of nitrogens with zero attached hydrogens (tertiary/aromatic N) is 4. The molecule has 1 aromatic heterocycles. The molecular formula is C59H60FN5O11. The number of amides is 2. The third-order valence-electron chi connectivity index (χ3n) is 16.2. The van der Waals surface area contributed by atoms with Gasteiger partial charge in [-0.1, -0.05) is 51.1 Å². The van der Waals surface area contributed by atoms with Crippen molar-refractivity contribution in [2.45, 2.75) is 111 Å². The number of cyclic esters (lactones) is 1. The Balaban J connectivity index is 0.657. The van der Waals surface area contributed by atoms with E-state index >= 15 is 4.39 Å². The molecule has 76 heavy (non-hydrogen) atoms. The van der Waals surface area contributed by atoms with E-state index in [1.54, 1.807) is 42.2 Å². The first-order chi connectivity index (χ1) is 36.5. The Morgan fingerprint density at radius 1 is 0.974 bits per heavy atom. The van der Waals surface area contributed by atoms with E-state index in [0.29, 0.717) is 83.6 Å². The number of aromatic hydroxyl groups is 2. The standard InChI is InChI=1S/C59H60FN5O11/c1-6-40-43(37(26-66)28-73-56(40)70)17-49-54-45(25-63(49)5)53-47(14-13-41-32(4)46(60)18-48(61-54)52(41)53)62-57(71)74-27-33-8-11-38(12-9-33)75-58(72)76-39-20-59(21-39)29-64(30-59)22-34-7-10-35-23-65(24-36(35)15-34)55(69)44-16-42(31(2)3)50(67)19-51(44)68/h7-12,15-19,26,31,39-40,47,67-68H,6,13-14,20-25,27-30H2,1-5H3,(H,62,71)/b49-17-. The maximum atomic E-state index is 15.4. The lowest BCUT2D eigenvalue weighted by Gasteiger charge is -2.58. The van der Waals surface area contributed by atoms with Gasteiger partial charge in [0.05, 0.1) is 34.4 Å². The highest BCUT2D eigenvalue weighted by atomic mass is 19.1. The number of pyridine rings is 1. The van der Waals surface area contributed by atoms with Crippen LogP contribution in [0, 0.1) is 24.1 Å². The summed E-state index contributed by atoms with van der Waals surface area (Å²) in [6.45, 7) is 11.1. The van der Waals surface area contributed by atoms with Crippen LogP contribution < -0.4 is 10.1 Å². The fraction of sp³-hybridized carbons (Fsp3) is 0.390. The molecule has 17 heteroatoms. The minimum Gasteiger partial charge on any atom is -0.508 e. The number of hydrogen-bond donors (Lipinski definition) is 3. The molecule has 0 bridgehead atoms. The van der Waals surface area contributed by atoms with Gasteiger partial charge in [-0.15, -0.1) is 0 Å². The number of alkyl carbamates (subject to hydrolysis) is 1. The van der Waals surface area contributed by atoms with Gasteiger partial charge in [0.1, 0.15) is 48.7 Å². The summed E-state index contributed by atoms with van der Waals surface area (Å²) in [6.07, 6.45) is 3.81. The molecule has 1 saturated heterocycles. The minimum atomic E-state index is -0.782. The number of nitrogens with one attached hydrogen (secondary N) is 1. The second kappa shape index (κ2) is 19.7. The molecule has 394 valence electrons. The second-order valence-electron chi connectivity index (χ2n) is 21.7. The number of carbonyl (C=O) groups is 5. The molecule has 2 atom stereocenters. The van der Waals surface area contributed by atoms with Gasteiger partial charge >= 0.3 is 18.2 Å². The molecule has 3 N–H and O–H groups in total. The average molecular weight is 1030 g/mol. The minimum absolute atomic E-state index is 0.0108. The molecular weight excluding hydrogens is 974 g/mol. The van der Waals surface area contributed by atoms with Crippen molar-refractivity contribution in [1.29, 1.82) is 0 Å². The fourth-order valence-corrected chi connectivity index (χ4v) is 12.3. The van der Waals surface area contributed by atoms with Gasteiger partial charge in [0.25, 0.3) is 5.91 Å². The number of aromatic nitrogens is 1. The van der Waals surface area contributed by atoms with Crippen LogP contribution in [0.5, 0.6) is 17.2 Å². The highest BCUT2D eigenvalue weighted by Gasteiger charge is 2.54. The molecule has 2 aliphatic carbocycles. The Labute approximate surface area is 439 Å². The number of fused-ring (bicyclic) bond motifs is 3. The zero-order valence-electron chi connectivity index (χ0n) is 43.2. The third kappa shape index (κ3) is 9.28. The topological polar surface area (TPSA) is 197 Å². The van der Waals surface area contributed by atoms with Gasteiger partial charge in [-0.05, 0) is 119 Å². The van der Waals surface area contributed by atoms with E-state index in [4.69, 9.17) is 23.9 Å². The Morgan fingerprint density at radius 2 is 1.72 bits per heavy atom. The van der Waals surface area contributed by atoms with E-state index in [1.807, 2.05) is 38.8 Å². The van der Waals surface area contributed by atoms with E-state index in [1.165, 1.54) is 12.1 Å². The summed E-state index contributed by atoms with van der Waals surface area (Å²) in [7, 11) is 1.89. The van der Waals surface area contributed by atoms with Crippen molar-refractivity contribution in [2.24, 2.45) is 11.3 Å². The summed E-state index contributed by atoms with van der Waals surface area (Å²) in [5.41, 5.74) is 10.6. The molecule has 2 unspecified atom stereocenters. The summed E-state index contributed by atoms with van der Waals surface area (Å²) in [4.78, 5) is 75.8. The number of benzene rings is 4. The van der Waals surface area contributed by atoms with Crippen molar-refractivity contribution in [2.75, 3.05) is 26.7 Å². The normalized spacial score (nSPS) is 20.1. The quantitative estimate of drug-likeness (QED) is 0.0463. The lowest BCUT2D eigenvalue weighted by Crippen LogP contribution is -2.63. The summed E-state index contributed by atoms with van der Waals surface area (Å²) in [5.74, 6) is -1.64.